The summed E-state index contributed by atoms with van der Waals surface area (Å²) in [4.78, 5) is 67.4. The summed E-state index contributed by atoms with van der Waals surface area (Å²) in [5.41, 5.74) is -1.76. The molecule has 0 spiro atoms. The number of phosphoric ester groups is 2. The summed E-state index contributed by atoms with van der Waals surface area (Å²) < 4.78 is 48.9. The number of H-pyrrole nitrogens is 1. The number of rotatable bonds is 10. The Hall–Kier alpha value is -2.16. The highest BCUT2D eigenvalue weighted by atomic mass is 31.3. The molecular weight excluding hydrogens is 580 g/mol. The molecule has 39 heavy (non-hydrogen) atoms. The first-order chi connectivity index (χ1) is 18.0. The van der Waals surface area contributed by atoms with Gasteiger partial charge in [0.05, 0.1) is 6.61 Å². The lowest BCUT2D eigenvalue weighted by Crippen LogP contribution is -2.64. The molecule has 0 bridgehead atoms. The van der Waals surface area contributed by atoms with E-state index in [2.05, 4.69) is 18.7 Å². The number of nitrogens with zero attached hydrogens (tertiary/aromatic N) is 1. The van der Waals surface area contributed by atoms with Crippen LogP contribution < -0.4 is 16.6 Å². The molecule has 2 saturated heterocycles. The first kappa shape index (κ1) is 31.4. The maximum Gasteiger partial charge on any atom is 0.483 e. The predicted molar refractivity (Wildman–Crippen MR) is 119 cm³/mol. The summed E-state index contributed by atoms with van der Waals surface area (Å²) in [5.74, 6) is -0.822. The van der Waals surface area contributed by atoms with Crippen molar-refractivity contribution in [3.05, 3.63) is 33.1 Å². The van der Waals surface area contributed by atoms with Gasteiger partial charge in [0.2, 0.25) is 5.91 Å². The maximum atomic E-state index is 12.4. The van der Waals surface area contributed by atoms with E-state index in [9.17, 15) is 58.5 Å². The zero-order chi connectivity index (χ0) is 29.3. The minimum atomic E-state index is -5.66. The van der Waals surface area contributed by atoms with Crippen molar-refractivity contribution in [2.45, 2.75) is 62.1 Å². The molecule has 2 aliphatic rings. The van der Waals surface area contributed by atoms with Crippen LogP contribution in [-0.2, 0) is 41.6 Å². The van der Waals surface area contributed by atoms with E-state index in [1.165, 1.54) is 0 Å². The Bertz CT molecular complexity index is 1270. The average Bonchev–Trinajstić information content (AvgIpc) is 3.10. The Morgan fingerprint density at radius 3 is 2.36 bits per heavy atom. The Balaban J connectivity index is 1.66. The summed E-state index contributed by atoms with van der Waals surface area (Å²) in [7, 11) is -11.2. The highest BCUT2D eigenvalue weighted by Crippen LogP contribution is 2.61. The Kier molecular flexibility index (Phi) is 9.77. The number of aromatic nitrogens is 2. The highest BCUT2D eigenvalue weighted by molar-refractivity contribution is 7.61. The van der Waals surface area contributed by atoms with E-state index in [0.717, 1.165) is 19.2 Å². The lowest BCUT2D eigenvalue weighted by molar-refractivity contribution is -0.232. The molecule has 3 heterocycles. The molecule has 2 fully saturated rings. The van der Waals surface area contributed by atoms with Gasteiger partial charge in [-0.3, -0.25) is 28.2 Å². The molecule has 8 N–H and O–H groups in total. The van der Waals surface area contributed by atoms with Crippen molar-refractivity contribution in [3.8, 4) is 0 Å². The third-order valence-corrected chi connectivity index (χ3v) is 8.05. The van der Waals surface area contributed by atoms with Crippen molar-refractivity contribution in [1.29, 1.82) is 0 Å². The first-order valence-corrected chi connectivity index (χ1v) is 13.8. The van der Waals surface area contributed by atoms with Crippen LogP contribution in [0, 0.1) is 0 Å². The molecule has 0 aromatic carbocycles. The molecular formula is C17H25N3O17P2. The summed E-state index contributed by atoms with van der Waals surface area (Å²) in [6, 6.07) is -0.820. The van der Waals surface area contributed by atoms with Gasteiger partial charge in [-0.1, -0.05) is 0 Å². The monoisotopic (exact) mass is 605 g/mol. The van der Waals surface area contributed by atoms with Crippen LogP contribution in [0.15, 0.2) is 21.9 Å². The minimum Gasteiger partial charge on any atom is -0.388 e. The largest absolute Gasteiger partial charge is 0.483 e. The number of amides is 1. The number of nitrogens with one attached hydrogen (secondary N) is 2. The number of aliphatic hydroxyl groups excluding tert-OH is 4. The molecule has 22 heteroatoms. The smallest absolute Gasteiger partial charge is 0.388 e. The van der Waals surface area contributed by atoms with Gasteiger partial charge in [0.15, 0.2) is 18.8 Å². The number of carbonyl (C=O) groups is 2. The van der Waals surface area contributed by atoms with Gasteiger partial charge in [0.25, 0.3) is 5.56 Å². The predicted octanol–water partition coefficient (Wildman–Crippen LogP) is -4.44. The van der Waals surface area contributed by atoms with Crippen LogP contribution in [0.2, 0.25) is 0 Å². The van der Waals surface area contributed by atoms with Crippen LogP contribution >= 0.6 is 15.6 Å². The van der Waals surface area contributed by atoms with E-state index in [1.54, 1.807) is 0 Å². The fourth-order valence-corrected chi connectivity index (χ4v) is 5.84. The molecule has 1 aromatic rings. The van der Waals surface area contributed by atoms with Gasteiger partial charge in [-0.05, 0) is 0 Å². The topological polar surface area (TPSA) is 303 Å². The molecule has 0 aliphatic carbocycles. The third kappa shape index (κ3) is 7.53. The normalized spacial score (nSPS) is 36.0. The molecule has 20 nitrogen and oxygen atoms in total. The van der Waals surface area contributed by atoms with Crippen LogP contribution in [0.3, 0.4) is 0 Å². The summed E-state index contributed by atoms with van der Waals surface area (Å²) >= 11 is 0. The number of aliphatic hydroxyl groups is 4. The number of aldehydes is 1. The van der Waals surface area contributed by atoms with E-state index in [1.807, 2.05) is 4.98 Å². The van der Waals surface area contributed by atoms with E-state index in [0.29, 0.717) is 4.57 Å². The van der Waals surface area contributed by atoms with Crippen molar-refractivity contribution in [2.75, 3.05) is 6.61 Å². The first-order valence-electron chi connectivity index (χ1n) is 10.8. The molecule has 0 saturated carbocycles. The van der Waals surface area contributed by atoms with Crippen LogP contribution in [0.1, 0.15) is 13.2 Å². The number of aromatic amines is 1. The second-order valence-corrected chi connectivity index (χ2v) is 11.3. The number of hydrogen-bond acceptors (Lipinski definition) is 15. The van der Waals surface area contributed by atoms with Crippen LogP contribution in [0.25, 0.3) is 0 Å². The Morgan fingerprint density at radius 2 is 1.77 bits per heavy atom. The van der Waals surface area contributed by atoms with Crippen LogP contribution in [0.5, 0.6) is 0 Å². The summed E-state index contributed by atoms with van der Waals surface area (Å²) in [6.07, 6.45) is -13.5. The Labute approximate surface area is 216 Å². The van der Waals surface area contributed by atoms with Gasteiger partial charge in [-0.15, -0.1) is 0 Å². The zero-order valence-corrected chi connectivity index (χ0v) is 21.4. The quantitative estimate of drug-likeness (QED) is 0.0921. The molecule has 3 rings (SSSR count). The van der Waals surface area contributed by atoms with Gasteiger partial charge in [-0.2, -0.15) is 4.31 Å². The zero-order valence-electron chi connectivity index (χ0n) is 19.7. The van der Waals surface area contributed by atoms with Crippen molar-refractivity contribution < 1.29 is 71.8 Å². The van der Waals surface area contributed by atoms with E-state index < -0.39 is 94.6 Å². The molecule has 8 unspecified atom stereocenters. The molecule has 11 atom stereocenters. The van der Waals surface area contributed by atoms with Gasteiger partial charge in [-0.25, -0.2) is 13.9 Å². The number of phosphoric acid groups is 2. The fourth-order valence-electron chi connectivity index (χ4n) is 3.68. The van der Waals surface area contributed by atoms with Crippen LogP contribution in [-0.4, -0.2) is 108 Å². The minimum absolute atomic E-state index is 0.0210. The van der Waals surface area contributed by atoms with E-state index in [-0.39, 0.29) is 6.29 Å². The van der Waals surface area contributed by atoms with Crippen molar-refractivity contribution in [2.24, 2.45) is 0 Å². The van der Waals surface area contributed by atoms with Gasteiger partial charge < -0.3 is 49.8 Å². The Morgan fingerprint density at radius 1 is 1.10 bits per heavy atom. The van der Waals surface area contributed by atoms with Gasteiger partial charge >= 0.3 is 21.3 Å². The van der Waals surface area contributed by atoms with Gasteiger partial charge in [0, 0.05) is 19.2 Å². The third-order valence-electron chi connectivity index (χ3n) is 5.45. The van der Waals surface area contributed by atoms with Crippen molar-refractivity contribution >= 4 is 27.8 Å². The van der Waals surface area contributed by atoms with Crippen molar-refractivity contribution in [1.82, 2.24) is 14.9 Å². The number of carbonyl (C=O) groups excluding carboxylic acids is 2. The molecule has 0 radical (unpaired) electrons. The lowest BCUT2D eigenvalue weighted by atomic mass is 9.97. The molecule has 220 valence electrons. The van der Waals surface area contributed by atoms with Crippen LogP contribution in [0.4, 0.5) is 0 Å². The second kappa shape index (κ2) is 12.1. The highest BCUT2D eigenvalue weighted by Gasteiger charge is 2.50. The average molecular weight is 605 g/mol. The van der Waals surface area contributed by atoms with Gasteiger partial charge in [0.1, 0.15) is 42.7 Å². The SMILES string of the molecule is CC(=O)N[C@H]1C(O)[C@@H](O)C(C=O)O[C@@H]1OP(=O)(O)OP(=O)(O)OCC1OC(n2ccc(=O)[nH]c2=O)C(O)C1O. The lowest BCUT2D eigenvalue weighted by Gasteiger charge is -2.40. The molecule has 1 amide bonds. The number of hydrogen-bond donors (Lipinski definition) is 8. The molecule has 1 aromatic heterocycles. The van der Waals surface area contributed by atoms with Crippen molar-refractivity contribution in [3.63, 3.8) is 0 Å². The summed E-state index contributed by atoms with van der Waals surface area (Å²) in [5, 5.41) is 42.5. The second-order valence-electron chi connectivity index (χ2n) is 8.30. The number of ether oxygens (including phenoxy) is 2. The van der Waals surface area contributed by atoms with E-state index in [4.69, 9.17) is 9.47 Å². The molecule has 2 aliphatic heterocycles. The summed E-state index contributed by atoms with van der Waals surface area (Å²) in [6.45, 7) is -0.0749. The fraction of sp³-hybridized carbons (Fsp3) is 0.647. The standard InChI is InChI=1S/C17H25N3O17P2/c1-6(22)18-10-13(26)11(24)7(4-21)35-16(10)36-39(31,32)37-38(29,30)33-5-8-12(25)14(27)15(34-8)20-3-2-9(23)19-17(20)28/h2-4,7-8,10-16,24-27H,5H2,1H3,(H,18,22)(H,29,30)(H,31,32)(H,19,23,28)/t7?,8?,10-,11-,12?,13?,14?,15?,16+/m0/s1. The maximum absolute atomic E-state index is 12.4. The van der Waals surface area contributed by atoms with E-state index >= 15 is 0 Å².